The van der Waals surface area contributed by atoms with Crippen molar-refractivity contribution in [3.8, 4) is 0 Å². The van der Waals surface area contributed by atoms with Crippen LogP contribution in [-0.4, -0.2) is 19.6 Å². The fraction of sp³-hybridized carbons (Fsp3) is 0.667. The maximum Gasteiger partial charge on any atom is 0.146 e. The van der Waals surface area contributed by atoms with Crippen LogP contribution >= 0.6 is 0 Å². The predicted octanol–water partition coefficient (Wildman–Crippen LogP) is 4.48. The molecule has 0 aliphatic heterocycles. The summed E-state index contributed by atoms with van der Waals surface area (Å²) in [7, 11) is 2.07. The van der Waals surface area contributed by atoms with E-state index in [9.17, 15) is 4.39 Å². The van der Waals surface area contributed by atoms with E-state index in [-0.39, 0.29) is 5.82 Å². The average Bonchev–Trinajstić information content (AvgIpc) is 2.76. The van der Waals surface area contributed by atoms with Crippen molar-refractivity contribution in [3.63, 3.8) is 0 Å². The van der Waals surface area contributed by atoms with Crippen LogP contribution in [0.25, 0.3) is 0 Å². The summed E-state index contributed by atoms with van der Waals surface area (Å²) >= 11 is 0. The normalized spacial score (nSPS) is 16.7. The Balaban J connectivity index is 2.15. The SMILES string of the molecule is CCCNCc1cccc(F)c1N(C)C1CCCCCC1. The Bertz CT molecular complexity index is 425. The van der Waals surface area contributed by atoms with Crippen molar-refractivity contribution < 1.29 is 4.39 Å². The first-order valence-electron chi connectivity index (χ1n) is 8.45. The molecule has 0 radical (unpaired) electrons. The summed E-state index contributed by atoms with van der Waals surface area (Å²) in [5, 5.41) is 3.40. The Morgan fingerprint density at radius 1 is 1.19 bits per heavy atom. The third-order valence-electron chi connectivity index (χ3n) is 4.54. The first-order chi connectivity index (χ1) is 10.2. The molecule has 1 N–H and O–H groups in total. The van der Waals surface area contributed by atoms with Gasteiger partial charge in [-0.2, -0.15) is 0 Å². The Hall–Kier alpha value is -1.09. The maximum absolute atomic E-state index is 14.4. The molecule has 1 aromatic rings. The molecule has 0 unspecified atom stereocenters. The Labute approximate surface area is 128 Å². The van der Waals surface area contributed by atoms with Gasteiger partial charge < -0.3 is 10.2 Å². The smallest absolute Gasteiger partial charge is 0.146 e. The fourth-order valence-electron chi connectivity index (χ4n) is 3.33. The van der Waals surface area contributed by atoms with Crippen LogP contribution in [0.15, 0.2) is 18.2 Å². The van der Waals surface area contributed by atoms with Gasteiger partial charge in [-0.25, -0.2) is 4.39 Å². The summed E-state index contributed by atoms with van der Waals surface area (Å²) in [6, 6.07) is 5.94. The molecule has 0 heterocycles. The molecule has 118 valence electrons. The third kappa shape index (κ3) is 4.44. The molecule has 0 amide bonds. The van der Waals surface area contributed by atoms with Crippen molar-refractivity contribution in [1.82, 2.24) is 5.32 Å². The Morgan fingerprint density at radius 2 is 1.90 bits per heavy atom. The minimum atomic E-state index is -0.0856. The van der Waals surface area contributed by atoms with E-state index in [1.54, 1.807) is 6.07 Å². The number of para-hydroxylation sites is 1. The van der Waals surface area contributed by atoms with Gasteiger partial charge >= 0.3 is 0 Å². The largest absolute Gasteiger partial charge is 0.369 e. The van der Waals surface area contributed by atoms with Gasteiger partial charge in [0.2, 0.25) is 0 Å². The van der Waals surface area contributed by atoms with Gasteiger partial charge in [0.05, 0.1) is 5.69 Å². The van der Waals surface area contributed by atoms with Gasteiger partial charge in [-0.15, -0.1) is 0 Å². The monoisotopic (exact) mass is 292 g/mol. The zero-order valence-corrected chi connectivity index (χ0v) is 13.5. The van der Waals surface area contributed by atoms with E-state index in [1.165, 1.54) is 38.5 Å². The lowest BCUT2D eigenvalue weighted by molar-refractivity contribution is 0.534. The van der Waals surface area contributed by atoms with E-state index in [0.29, 0.717) is 6.04 Å². The van der Waals surface area contributed by atoms with Crippen LogP contribution in [0.3, 0.4) is 0 Å². The topological polar surface area (TPSA) is 15.3 Å². The van der Waals surface area contributed by atoms with Gasteiger partial charge in [-0.1, -0.05) is 44.7 Å². The van der Waals surface area contributed by atoms with Gasteiger partial charge in [-0.05, 0) is 37.4 Å². The number of nitrogens with zero attached hydrogens (tertiary/aromatic N) is 1. The van der Waals surface area contributed by atoms with Crippen molar-refractivity contribution in [2.75, 3.05) is 18.5 Å². The van der Waals surface area contributed by atoms with E-state index >= 15 is 0 Å². The molecule has 21 heavy (non-hydrogen) atoms. The molecule has 1 aliphatic carbocycles. The lowest BCUT2D eigenvalue weighted by atomic mass is 10.0. The molecule has 0 atom stereocenters. The molecule has 1 saturated carbocycles. The molecule has 0 bridgehead atoms. The molecule has 1 aromatic carbocycles. The lowest BCUT2D eigenvalue weighted by Crippen LogP contribution is -2.33. The number of anilines is 1. The van der Waals surface area contributed by atoms with Crippen molar-refractivity contribution in [1.29, 1.82) is 0 Å². The average molecular weight is 292 g/mol. The number of hydrogen-bond acceptors (Lipinski definition) is 2. The van der Waals surface area contributed by atoms with Crippen LogP contribution in [0, 0.1) is 5.82 Å². The summed E-state index contributed by atoms with van der Waals surface area (Å²) < 4.78 is 14.4. The predicted molar refractivity (Wildman–Crippen MR) is 88.3 cm³/mol. The highest BCUT2D eigenvalue weighted by molar-refractivity contribution is 5.55. The van der Waals surface area contributed by atoms with Crippen molar-refractivity contribution in [2.24, 2.45) is 0 Å². The highest BCUT2D eigenvalue weighted by Gasteiger charge is 2.21. The molecule has 2 rings (SSSR count). The van der Waals surface area contributed by atoms with Crippen molar-refractivity contribution in [3.05, 3.63) is 29.6 Å². The number of hydrogen-bond donors (Lipinski definition) is 1. The van der Waals surface area contributed by atoms with Crippen LogP contribution in [0.4, 0.5) is 10.1 Å². The molecule has 1 aliphatic rings. The standard InChI is InChI=1S/C18H29FN2/c1-3-13-20-14-15-9-8-12-17(19)18(15)21(2)16-10-6-4-5-7-11-16/h8-9,12,16,20H,3-7,10-11,13-14H2,1-2H3. The zero-order valence-electron chi connectivity index (χ0n) is 13.5. The number of benzene rings is 1. The summed E-state index contributed by atoms with van der Waals surface area (Å²) in [4.78, 5) is 2.20. The summed E-state index contributed by atoms with van der Waals surface area (Å²) in [5.74, 6) is -0.0856. The lowest BCUT2D eigenvalue weighted by Gasteiger charge is -2.31. The van der Waals surface area contributed by atoms with Crippen molar-refractivity contribution in [2.45, 2.75) is 64.5 Å². The molecule has 0 saturated heterocycles. The van der Waals surface area contributed by atoms with Gasteiger partial charge in [0.25, 0.3) is 0 Å². The molecular weight excluding hydrogens is 263 g/mol. The first-order valence-corrected chi connectivity index (χ1v) is 8.45. The highest BCUT2D eigenvalue weighted by atomic mass is 19.1. The second kappa shape index (κ2) is 8.38. The Kier molecular flexibility index (Phi) is 6.50. The molecule has 2 nitrogen and oxygen atoms in total. The van der Waals surface area contributed by atoms with E-state index in [4.69, 9.17) is 0 Å². The number of nitrogens with one attached hydrogen (secondary N) is 1. The minimum absolute atomic E-state index is 0.0856. The molecule has 3 heteroatoms. The quantitative estimate of drug-likeness (QED) is 0.614. The molecule has 1 fully saturated rings. The number of halogens is 1. The van der Waals surface area contributed by atoms with Crippen LogP contribution in [-0.2, 0) is 6.54 Å². The van der Waals surface area contributed by atoms with E-state index in [2.05, 4.69) is 24.2 Å². The van der Waals surface area contributed by atoms with Crippen LogP contribution in [0.5, 0.6) is 0 Å². The van der Waals surface area contributed by atoms with E-state index < -0.39 is 0 Å². The minimum Gasteiger partial charge on any atom is -0.369 e. The number of rotatable bonds is 6. The second-order valence-corrected chi connectivity index (χ2v) is 6.18. The highest BCUT2D eigenvalue weighted by Crippen LogP contribution is 2.30. The van der Waals surface area contributed by atoms with Crippen LogP contribution in [0.1, 0.15) is 57.4 Å². The van der Waals surface area contributed by atoms with Gasteiger partial charge in [-0.3, -0.25) is 0 Å². The van der Waals surface area contributed by atoms with Crippen molar-refractivity contribution >= 4 is 5.69 Å². The summed E-state index contributed by atoms with van der Waals surface area (Å²) in [6.45, 7) is 3.87. The van der Waals surface area contributed by atoms with Gasteiger partial charge in [0.15, 0.2) is 0 Å². The van der Waals surface area contributed by atoms with E-state index in [0.717, 1.165) is 30.8 Å². The molecule has 0 aromatic heterocycles. The zero-order chi connectivity index (χ0) is 15.1. The second-order valence-electron chi connectivity index (χ2n) is 6.18. The molecule has 0 spiro atoms. The Morgan fingerprint density at radius 3 is 2.57 bits per heavy atom. The first kappa shape index (κ1) is 16.3. The van der Waals surface area contributed by atoms with E-state index in [1.807, 2.05) is 12.1 Å². The van der Waals surface area contributed by atoms with Crippen LogP contribution < -0.4 is 10.2 Å². The third-order valence-corrected chi connectivity index (χ3v) is 4.54. The molecular formula is C18H29FN2. The summed E-state index contributed by atoms with van der Waals surface area (Å²) in [6.07, 6.45) is 8.67. The summed E-state index contributed by atoms with van der Waals surface area (Å²) in [5.41, 5.74) is 1.88. The fourth-order valence-corrected chi connectivity index (χ4v) is 3.33. The van der Waals surface area contributed by atoms with Gasteiger partial charge in [0.1, 0.15) is 5.82 Å². The van der Waals surface area contributed by atoms with Gasteiger partial charge in [0, 0.05) is 19.6 Å². The van der Waals surface area contributed by atoms with Crippen LogP contribution in [0.2, 0.25) is 0 Å². The maximum atomic E-state index is 14.4.